The predicted molar refractivity (Wildman–Crippen MR) is 129 cm³/mol. The SMILES string of the molecule is CCOCCn1c(=NC(=O)C2CCCN(S(=O)(=O)c3cccs3)C2)sc2ccc([N+](=O)[O-])cc21. The Bertz CT molecular complexity index is 1360. The number of hydrogen-bond donors (Lipinski definition) is 0. The number of sulfonamides is 1. The number of ether oxygens (including phenoxy) is 1. The highest BCUT2D eigenvalue weighted by Gasteiger charge is 2.33. The van der Waals surface area contributed by atoms with Crippen LogP contribution >= 0.6 is 22.7 Å². The van der Waals surface area contributed by atoms with E-state index in [2.05, 4.69) is 4.99 Å². The van der Waals surface area contributed by atoms with Crippen LogP contribution < -0.4 is 4.80 Å². The van der Waals surface area contributed by atoms with E-state index in [4.69, 9.17) is 4.74 Å². The van der Waals surface area contributed by atoms with Crippen LogP contribution in [0.4, 0.5) is 5.69 Å². The highest BCUT2D eigenvalue weighted by atomic mass is 32.2. The number of non-ortho nitro benzene ring substituents is 1. The third-order valence-electron chi connectivity index (χ3n) is 5.57. The first-order valence-electron chi connectivity index (χ1n) is 10.8. The van der Waals surface area contributed by atoms with Crippen LogP contribution in [0.3, 0.4) is 0 Å². The lowest BCUT2D eigenvalue weighted by Crippen LogP contribution is -2.42. The number of benzene rings is 1. The maximum atomic E-state index is 13.1. The Morgan fingerprint density at radius 3 is 2.88 bits per heavy atom. The standard InChI is InChI=1S/C21H24N4O6S3/c1-2-31-11-10-24-17-13-16(25(27)28)7-8-18(17)33-21(24)22-20(26)15-5-3-9-23(14-15)34(29,30)19-6-4-12-32-19/h4,6-8,12-13,15H,2-3,5,9-11,14H2,1H3. The molecule has 0 saturated carbocycles. The second-order valence-electron chi connectivity index (χ2n) is 7.73. The molecule has 13 heteroatoms. The zero-order valence-electron chi connectivity index (χ0n) is 18.5. The van der Waals surface area contributed by atoms with Gasteiger partial charge in [-0.05, 0) is 37.3 Å². The maximum absolute atomic E-state index is 13.1. The number of amides is 1. The molecule has 1 atom stereocenters. The molecule has 1 aliphatic rings. The quantitative estimate of drug-likeness (QED) is 0.253. The number of piperidine rings is 1. The first-order valence-corrected chi connectivity index (χ1v) is 13.9. The molecule has 2 aromatic heterocycles. The summed E-state index contributed by atoms with van der Waals surface area (Å²) in [5.74, 6) is -0.944. The van der Waals surface area contributed by atoms with Crippen LogP contribution in [0.15, 0.2) is 44.9 Å². The minimum absolute atomic E-state index is 0.0463. The van der Waals surface area contributed by atoms with Gasteiger partial charge < -0.3 is 9.30 Å². The van der Waals surface area contributed by atoms with E-state index in [0.717, 1.165) is 16.0 Å². The van der Waals surface area contributed by atoms with Gasteiger partial charge in [-0.3, -0.25) is 14.9 Å². The van der Waals surface area contributed by atoms with Crippen molar-refractivity contribution in [3.8, 4) is 0 Å². The molecule has 0 bridgehead atoms. The topological polar surface area (TPSA) is 124 Å². The first kappa shape index (κ1) is 24.7. The fourth-order valence-corrected chi connectivity index (χ4v) is 7.57. The van der Waals surface area contributed by atoms with Crippen molar-refractivity contribution < 1.29 is 22.9 Å². The number of nitrogens with zero attached hydrogens (tertiary/aromatic N) is 4. The Balaban J connectivity index is 1.65. The van der Waals surface area contributed by atoms with E-state index < -0.39 is 26.8 Å². The molecule has 10 nitrogen and oxygen atoms in total. The zero-order valence-corrected chi connectivity index (χ0v) is 20.9. The van der Waals surface area contributed by atoms with Crippen LogP contribution in [-0.2, 0) is 26.1 Å². The fraction of sp³-hybridized carbons (Fsp3) is 0.429. The molecule has 1 amide bonds. The maximum Gasteiger partial charge on any atom is 0.271 e. The number of rotatable bonds is 8. The molecule has 1 aliphatic heterocycles. The third-order valence-corrected chi connectivity index (χ3v) is 9.87. The normalized spacial score (nSPS) is 17.9. The molecule has 1 fully saturated rings. The van der Waals surface area contributed by atoms with Crippen molar-refractivity contribution in [1.29, 1.82) is 0 Å². The summed E-state index contributed by atoms with van der Waals surface area (Å²) in [4.78, 5) is 28.7. The number of nitro groups is 1. The predicted octanol–water partition coefficient (Wildman–Crippen LogP) is 3.24. The Labute approximate surface area is 204 Å². The molecular formula is C21H24N4O6S3. The molecule has 1 saturated heterocycles. The van der Waals surface area contributed by atoms with E-state index in [1.54, 1.807) is 28.1 Å². The van der Waals surface area contributed by atoms with Gasteiger partial charge in [-0.1, -0.05) is 17.4 Å². The summed E-state index contributed by atoms with van der Waals surface area (Å²) in [5, 5.41) is 13.0. The number of thiazole rings is 1. The summed E-state index contributed by atoms with van der Waals surface area (Å²) in [7, 11) is -3.64. The summed E-state index contributed by atoms with van der Waals surface area (Å²) in [5.41, 5.74) is 0.561. The number of thiophene rings is 1. The van der Waals surface area contributed by atoms with Crippen molar-refractivity contribution in [2.45, 2.75) is 30.5 Å². The van der Waals surface area contributed by atoms with Gasteiger partial charge in [0.05, 0.1) is 27.7 Å². The van der Waals surface area contributed by atoms with Crippen LogP contribution in [0.1, 0.15) is 19.8 Å². The number of fused-ring (bicyclic) bond motifs is 1. The Morgan fingerprint density at radius 1 is 1.35 bits per heavy atom. The molecule has 0 aliphatic carbocycles. The lowest BCUT2D eigenvalue weighted by Gasteiger charge is -2.29. The van der Waals surface area contributed by atoms with Crippen LogP contribution in [0.25, 0.3) is 10.2 Å². The van der Waals surface area contributed by atoms with E-state index in [0.29, 0.717) is 49.5 Å². The minimum atomic E-state index is -3.64. The van der Waals surface area contributed by atoms with E-state index in [9.17, 15) is 23.3 Å². The van der Waals surface area contributed by atoms with Gasteiger partial charge in [0, 0.05) is 38.4 Å². The molecule has 0 radical (unpaired) electrons. The van der Waals surface area contributed by atoms with Crippen molar-refractivity contribution in [1.82, 2.24) is 8.87 Å². The molecule has 34 heavy (non-hydrogen) atoms. The zero-order chi connectivity index (χ0) is 24.3. The first-order chi connectivity index (χ1) is 16.3. The molecule has 182 valence electrons. The van der Waals surface area contributed by atoms with Gasteiger partial charge >= 0.3 is 0 Å². The van der Waals surface area contributed by atoms with E-state index in [-0.39, 0.29) is 16.4 Å². The van der Waals surface area contributed by atoms with E-state index in [1.165, 1.54) is 27.8 Å². The summed E-state index contributed by atoms with van der Waals surface area (Å²) >= 11 is 2.42. The van der Waals surface area contributed by atoms with Crippen LogP contribution in [-0.4, -0.2) is 54.4 Å². The van der Waals surface area contributed by atoms with Gasteiger partial charge in [-0.2, -0.15) is 9.30 Å². The molecular weight excluding hydrogens is 500 g/mol. The smallest absolute Gasteiger partial charge is 0.271 e. The summed E-state index contributed by atoms with van der Waals surface area (Å²) < 4.78 is 35.4. The van der Waals surface area contributed by atoms with Gasteiger partial charge in [-0.15, -0.1) is 11.3 Å². The van der Waals surface area contributed by atoms with E-state index in [1.807, 2.05) is 6.92 Å². The lowest BCUT2D eigenvalue weighted by atomic mass is 9.99. The molecule has 4 rings (SSSR count). The summed E-state index contributed by atoms with van der Waals surface area (Å²) in [6, 6.07) is 7.79. The molecule has 1 aromatic carbocycles. The minimum Gasteiger partial charge on any atom is -0.380 e. The number of carbonyl (C=O) groups excluding carboxylic acids is 1. The summed E-state index contributed by atoms with van der Waals surface area (Å²) in [6.45, 7) is 3.58. The summed E-state index contributed by atoms with van der Waals surface area (Å²) in [6.07, 6.45) is 1.12. The molecule has 0 N–H and O–H groups in total. The monoisotopic (exact) mass is 524 g/mol. The number of carbonyl (C=O) groups is 1. The van der Waals surface area contributed by atoms with Crippen LogP contribution in [0, 0.1) is 16.0 Å². The molecule has 1 unspecified atom stereocenters. The average Bonchev–Trinajstić information content (AvgIpc) is 3.48. The number of aromatic nitrogens is 1. The molecule has 3 heterocycles. The number of nitro benzene ring substituents is 1. The van der Waals surface area contributed by atoms with Crippen molar-refractivity contribution in [3.05, 3.63) is 50.6 Å². The van der Waals surface area contributed by atoms with Crippen molar-refractivity contribution >= 4 is 54.5 Å². The largest absolute Gasteiger partial charge is 0.380 e. The molecule has 0 spiro atoms. The van der Waals surface area contributed by atoms with E-state index >= 15 is 0 Å². The van der Waals surface area contributed by atoms with Gasteiger partial charge in [0.15, 0.2) is 4.80 Å². The average molecular weight is 525 g/mol. The van der Waals surface area contributed by atoms with Gasteiger partial charge in [0.1, 0.15) is 4.21 Å². The van der Waals surface area contributed by atoms with Crippen molar-refractivity contribution in [2.24, 2.45) is 10.9 Å². The molecule has 3 aromatic rings. The lowest BCUT2D eigenvalue weighted by molar-refractivity contribution is -0.384. The van der Waals surface area contributed by atoms with Crippen LogP contribution in [0.2, 0.25) is 0 Å². The Morgan fingerprint density at radius 2 is 2.18 bits per heavy atom. The number of hydrogen-bond acceptors (Lipinski definition) is 8. The highest BCUT2D eigenvalue weighted by molar-refractivity contribution is 7.91. The van der Waals surface area contributed by atoms with Crippen molar-refractivity contribution in [3.63, 3.8) is 0 Å². The Kier molecular flexibility index (Phi) is 7.57. The van der Waals surface area contributed by atoms with Gasteiger partial charge in [0.2, 0.25) is 0 Å². The van der Waals surface area contributed by atoms with Gasteiger partial charge in [-0.25, -0.2) is 8.42 Å². The highest BCUT2D eigenvalue weighted by Crippen LogP contribution is 2.27. The second-order valence-corrected chi connectivity index (χ2v) is 11.8. The Hall–Kier alpha value is -2.45. The fourth-order valence-electron chi connectivity index (χ4n) is 3.86. The second kappa shape index (κ2) is 10.4. The van der Waals surface area contributed by atoms with Crippen molar-refractivity contribution in [2.75, 3.05) is 26.3 Å². The van der Waals surface area contributed by atoms with Gasteiger partial charge in [0.25, 0.3) is 21.6 Å². The third kappa shape index (κ3) is 5.13. The van der Waals surface area contributed by atoms with Crippen LogP contribution in [0.5, 0.6) is 0 Å².